The summed E-state index contributed by atoms with van der Waals surface area (Å²) in [7, 11) is 1.61. The Bertz CT molecular complexity index is 436. The van der Waals surface area contributed by atoms with E-state index in [0.29, 0.717) is 19.8 Å². The molecule has 18 heavy (non-hydrogen) atoms. The minimum Gasteiger partial charge on any atom is -0.380 e. The van der Waals surface area contributed by atoms with Gasteiger partial charge in [0, 0.05) is 32.5 Å². The Morgan fingerprint density at radius 1 is 1.56 bits per heavy atom. The highest BCUT2D eigenvalue weighted by Gasteiger charge is 2.15. The Balaban J connectivity index is 2.71. The molecule has 7 nitrogen and oxygen atoms in total. The summed E-state index contributed by atoms with van der Waals surface area (Å²) in [6, 6.07) is 1.21. The highest BCUT2D eigenvalue weighted by molar-refractivity contribution is 5.94. The highest BCUT2D eigenvalue weighted by Crippen LogP contribution is 2.12. The summed E-state index contributed by atoms with van der Waals surface area (Å²) in [5.74, 6) is -0.314. The van der Waals surface area contributed by atoms with Crippen molar-refractivity contribution in [3.05, 3.63) is 34.1 Å². The van der Waals surface area contributed by atoms with Crippen LogP contribution < -0.4 is 0 Å². The van der Waals surface area contributed by atoms with Gasteiger partial charge in [0.05, 0.1) is 17.1 Å². The summed E-state index contributed by atoms with van der Waals surface area (Å²) in [5.41, 5.74) is 0.00209. The fraction of sp³-hybridized carbons (Fsp3) is 0.455. The lowest BCUT2D eigenvalue weighted by Gasteiger charge is -2.16. The average molecular weight is 253 g/mol. The van der Waals surface area contributed by atoms with Crippen molar-refractivity contribution in [3.63, 3.8) is 0 Å². The predicted octanol–water partition coefficient (Wildman–Crippen LogP) is 1.10. The molecule has 0 atom stereocenters. The van der Waals surface area contributed by atoms with Gasteiger partial charge in [-0.2, -0.15) is 0 Å². The van der Waals surface area contributed by atoms with Gasteiger partial charge in [-0.25, -0.2) is 0 Å². The summed E-state index contributed by atoms with van der Waals surface area (Å²) in [5, 5.41) is 10.6. The number of nitrogens with zero attached hydrogens (tertiary/aromatic N) is 3. The molecule has 0 saturated heterocycles. The third-order valence-corrected chi connectivity index (χ3v) is 2.30. The van der Waals surface area contributed by atoms with E-state index in [1.807, 2.05) is 6.92 Å². The number of amides is 1. The molecule has 1 aromatic rings. The molecular formula is C11H15N3O4. The second-order valence-electron chi connectivity index (χ2n) is 3.61. The molecule has 0 N–H and O–H groups in total. The van der Waals surface area contributed by atoms with Gasteiger partial charge in [0.2, 0.25) is 0 Å². The van der Waals surface area contributed by atoms with E-state index in [1.165, 1.54) is 17.2 Å². The van der Waals surface area contributed by atoms with Crippen LogP contribution in [0.1, 0.15) is 17.3 Å². The Morgan fingerprint density at radius 2 is 2.28 bits per heavy atom. The Morgan fingerprint density at radius 3 is 2.89 bits per heavy atom. The molecule has 1 rings (SSSR count). The Hall–Kier alpha value is -2.02. The maximum absolute atomic E-state index is 11.9. The van der Waals surface area contributed by atoms with Crippen molar-refractivity contribution in [2.45, 2.75) is 6.92 Å². The fourth-order valence-corrected chi connectivity index (χ4v) is 1.31. The van der Waals surface area contributed by atoms with Gasteiger partial charge in [0.1, 0.15) is 6.20 Å². The number of rotatable bonds is 6. The molecule has 0 unspecified atom stereocenters. The molecule has 1 amide bonds. The van der Waals surface area contributed by atoms with Crippen LogP contribution in [0.5, 0.6) is 0 Å². The molecule has 0 aliphatic rings. The lowest BCUT2D eigenvalue weighted by Crippen LogP contribution is -2.30. The van der Waals surface area contributed by atoms with Crippen LogP contribution in [-0.4, -0.2) is 47.5 Å². The molecule has 0 saturated carbocycles. The minimum absolute atomic E-state index is 0.195. The van der Waals surface area contributed by atoms with Crippen LogP contribution in [0.3, 0.4) is 0 Å². The van der Waals surface area contributed by atoms with E-state index in [9.17, 15) is 14.9 Å². The molecule has 7 heteroatoms. The quantitative estimate of drug-likeness (QED) is 0.430. The fourth-order valence-electron chi connectivity index (χ4n) is 1.31. The maximum Gasteiger partial charge on any atom is 0.288 e. The highest BCUT2D eigenvalue weighted by atomic mass is 16.6. The first-order valence-corrected chi connectivity index (χ1v) is 5.49. The van der Waals surface area contributed by atoms with Gasteiger partial charge in [0.15, 0.2) is 0 Å². The van der Waals surface area contributed by atoms with Crippen LogP contribution in [0, 0.1) is 10.1 Å². The molecule has 1 aromatic heterocycles. The van der Waals surface area contributed by atoms with E-state index in [4.69, 9.17) is 4.74 Å². The van der Waals surface area contributed by atoms with Crippen LogP contribution in [0.2, 0.25) is 0 Å². The second kappa shape index (κ2) is 6.65. The number of carbonyl (C=O) groups excluding carboxylic acids is 1. The zero-order chi connectivity index (χ0) is 13.5. The number of aromatic nitrogens is 1. The third kappa shape index (κ3) is 3.77. The predicted molar refractivity (Wildman–Crippen MR) is 64.3 cm³/mol. The number of pyridine rings is 1. The number of hydrogen-bond donors (Lipinski definition) is 0. The normalized spacial score (nSPS) is 10.1. The summed E-state index contributed by atoms with van der Waals surface area (Å²) in [6.45, 7) is 3.31. The lowest BCUT2D eigenvalue weighted by atomic mass is 10.2. The molecule has 0 fully saturated rings. The van der Waals surface area contributed by atoms with Gasteiger partial charge in [-0.05, 0) is 6.92 Å². The zero-order valence-electron chi connectivity index (χ0n) is 10.3. The van der Waals surface area contributed by atoms with E-state index in [1.54, 1.807) is 7.05 Å². The van der Waals surface area contributed by atoms with E-state index < -0.39 is 4.92 Å². The van der Waals surface area contributed by atoms with Crippen molar-refractivity contribution in [3.8, 4) is 0 Å². The van der Waals surface area contributed by atoms with Crippen LogP contribution >= 0.6 is 0 Å². The third-order valence-electron chi connectivity index (χ3n) is 2.30. The molecule has 0 aromatic carbocycles. The van der Waals surface area contributed by atoms with Crippen LogP contribution in [0.15, 0.2) is 18.5 Å². The summed E-state index contributed by atoms with van der Waals surface area (Å²) < 4.78 is 5.13. The van der Waals surface area contributed by atoms with E-state index in [2.05, 4.69) is 4.98 Å². The van der Waals surface area contributed by atoms with Crippen LogP contribution in [0.4, 0.5) is 5.69 Å². The van der Waals surface area contributed by atoms with Gasteiger partial charge in [-0.1, -0.05) is 0 Å². The van der Waals surface area contributed by atoms with Crippen molar-refractivity contribution >= 4 is 11.6 Å². The molecule has 0 aliphatic carbocycles. The summed E-state index contributed by atoms with van der Waals surface area (Å²) >= 11 is 0. The SMILES string of the molecule is CCOCCN(C)C(=O)c1cncc([N+](=O)[O-])c1. The van der Waals surface area contributed by atoms with Crippen molar-refractivity contribution < 1.29 is 14.5 Å². The molecule has 1 heterocycles. The number of hydrogen-bond acceptors (Lipinski definition) is 5. The Labute approximate surface area is 105 Å². The average Bonchev–Trinajstić information content (AvgIpc) is 2.38. The van der Waals surface area contributed by atoms with E-state index in [-0.39, 0.29) is 17.2 Å². The number of ether oxygens (including phenoxy) is 1. The van der Waals surface area contributed by atoms with Gasteiger partial charge in [0.25, 0.3) is 11.6 Å². The molecule has 0 spiro atoms. The minimum atomic E-state index is -0.579. The van der Waals surface area contributed by atoms with Crippen molar-refractivity contribution in [1.82, 2.24) is 9.88 Å². The zero-order valence-corrected chi connectivity index (χ0v) is 10.3. The topological polar surface area (TPSA) is 85.6 Å². The van der Waals surface area contributed by atoms with Gasteiger partial charge < -0.3 is 9.64 Å². The largest absolute Gasteiger partial charge is 0.380 e. The van der Waals surface area contributed by atoms with Crippen LogP contribution in [-0.2, 0) is 4.74 Å². The number of likely N-dealkylation sites (N-methyl/N-ethyl adjacent to an activating group) is 1. The molecule has 98 valence electrons. The van der Waals surface area contributed by atoms with Gasteiger partial charge in [-0.15, -0.1) is 0 Å². The van der Waals surface area contributed by atoms with Crippen molar-refractivity contribution in [1.29, 1.82) is 0 Å². The van der Waals surface area contributed by atoms with Crippen molar-refractivity contribution in [2.24, 2.45) is 0 Å². The summed E-state index contributed by atoms with van der Waals surface area (Å²) in [6.07, 6.45) is 2.42. The van der Waals surface area contributed by atoms with E-state index in [0.717, 1.165) is 6.20 Å². The van der Waals surface area contributed by atoms with Crippen molar-refractivity contribution in [2.75, 3.05) is 26.8 Å². The first-order chi connectivity index (χ1) is 8.56. The standard InChI is InChI=1S/C11H15N3O4/c1-3-18-5-4-13(2)11(15)9-6-10(14(16)17)8-12-7-9/h6-8H,3-5H2,1-2H3. The van der Waals surface area contributed by atoms with E-state index >= 15 is 0 Å². The molecular weight excluding hydrogens is 238 g/mol. The number of carbonyl (C=O) groups is 1. The van der Waals surface area contributed by atoms with Crippen LogP contribution in [0.25, 0.3) is 0 Å². The van der Waals surface area contributed by atoms with Gasteiger partial charge in [-0.3, -0.25) is 19.9 Å². The summed E-state index contributed by atoms with van der Waals surface area (Å²) in [4.78, 5) is 27.0. The second-order valence-corrected chi connectivity index (χ2v) is 3.61. The number of nitro groups is 1. The molecule has 0 radical (unpaired) electrons. The first-order valence-electron chi connectivity index (χ1n) is 5.49. The Kier molecular flexibility index (Phi) is 5.19. The molecule has 0 bridgehead atoms. The monoisotopic (exact) mass is 253 g/mol. The van der Waals surface area contributed by atoms with Gasteiger partial charge >= 0.3 is 0 Å². The first kappa shape index (κ1) is 14.0. The molecule has 0 aliphatic heterocycles. The maximum atomic E-state index is 11.9. The lowest BCUT2D eigenvalue weighted by molar-refractivity contribution is -0.385. The smallest absolute Gasteiger partial charge is 0.288 e.